The minimum absolute atomic E-state index is 0.00165. The molecule has 0 unspecified atom stereocenters. The van der Waals surface area contributed by atoms with Gasteiger partial charge in [-0.3, -0.25) is 9.78 Å². The molecule has 1 aromatic heterocycles. The van der Waals surface area contributed by atoms with Crippen LogP contribution in [0.5, 0.6) is 0 Å². The number of carbonyl (C=O) groups is 1. The average molecular weight is 287 g/mol. The maximum absolute atomic E-state index is 14.4. The maximum Gasteiger partial charge on any atom is 0.251 e. The largest absolute Gasteiger partial charge is 0.396 e. The van der Waals surface area contributed by atoms with E-state index in [1.165, 1.54) is 6.07 Å². The number of halogens is 1. The lowest BCUT2D eigenvalue weighted by molar-refractivity contribution is 0.0942. The van der Waals surface area contributed by atoms with Crippen LogP contribution in [0.3, 0.4) is 0 Å². The number of aromatic nitrogens is 1. The second-order valence-corrected chi connectivity index (χ2v) is 5.19. The van der Waals surface area contributed by atoms with Gasteiger partial charge in [-0.2, -0.15) is 0 Å². The fourth-order valence-corrected chi connectivity index (χ4v) is 2.09. The summed E-state index contributed by atoms with van der Waals surface area (Å²) in [6.07, 6.45) is 3.14. The van der Waals surface area contributed by atoms with Gasteiger partial charge >= 0.3 is 0 Å². The van der Waals surface area contributed by atoms with E-state index in [-0.39, 0.29) is 17.6 Å². The molecule has 3 N–H and O–H groups in total. The van der Waals surface area contributed by atoms with E-state index in [2.05, 4.69) is 10.3 Å². The van der Waals surface area contributed by atoms with E-state index in [1.807, 2.05) is 13.8 Å². The Balaban J connectivity index is 2.58. The number of amides is 1. The second kappa shape index (κ2) is 5.91. The van der Waals surface area contributed by atoms with E-state index >= 15 is 0 Å². The number of nitrogens with one attached hydrogen (secondary N) is 1. The van der Waals surface area contributed by atoms with Crippen LogP contribution >= 0.6 is 0 Å². The molecule has 0 saturated heterocycles. The molecular formula is C16H18FN3O. The van der Waals surface area contributed by atoms with E-state index in [0.29, 0.717) is 22.3 Å². The van der Waals surface area contributed by atoms with Crippen molar-refractivity contribution in [2.24, 2.45) is 0 Å². The van der Waals surface area contributed by atoms with Crippen molar-refractivity contribution in [2.75, 3.05) is 5.73 Å². The van der Waals surface area contributed by atoms with Gasteiger partial charge in [0.15, 0.2) is 5.82 Å². The number of pyridine rings is 1. The molecule has 0 atom stereocenters. The minimum atomic E-state index is -0.514. The zero-order valence-electron chi connectivity index (χ0n) is 12.3. The van der Waals surface area contributed by atoms with Crippen molar-refractivity contribution in [3.05, 3.63) is 47.5 Å². The molecule has 110 valence electrons. The lowest BCUT2D eigenvalue weighted by Crippen LogP contribution is -2.31. The number of hydrogen-bond donors (Lipinski definition) is 2. The van der Waals surface area contributed by atoms with Crippen LogP contribution < -0.4 is 11.1 Å². The van der Waals surface area contributed by atoms with Crippen molar-refractivity contribution in [1.82, 2.24) is 10.3 Å². The van der Waals surface area contributed by atoms with Gasteiger partial charge in [0.1, 0.15) is 0 Å². The molecular weight excluding hydrogens is 269 g/mol. The van der Waals surface area contributed by atoms with Crippen LogP contribution in [0.15, 0.2) is 30.6 Å². The molecule has 1 heterocycles. The first-order valence-corrected chi connectivity index (χ1v) is 6.71. The number of benzene rings is 1. The van der Waals surface area contributed by atoms with Crippen LogP contribution in [0.2, 0.25) is 0 Å². The SMILES string of the molecule is Cc1c(C(=O)NC(C)C)cc(-c2ccncc2)c(F)c1N. The van der Waals surface area contributed by atoms with Gasteiger partial charge in [-0.15, -0.1) is 0 Å². The predicted molar refractivity (Wildman–Crippen MR) is 81.4 cm³/mol. The molecule has 0 bridgehead atoms. The molecule has 1 aromatic carbocycles. The van der Waals surface area contributed by atoms with Gasteiger partial charge in [-0.05, 0) is 50.1 Å². The smallest absolute Gasteiger partial charge is 0.251 e. The molecule has 1 amide bonds. The van der Waals surface area contributed by atoms with Crippen molar-refractivity contribution >= 4 is 11.6 Å². The second-order valence-electron chi connectivity index (χ2n) is 5.19. The first-order chi connectivity index (χ1) is 9.91. The van der Waals surface area contributed by atoms with Crippen molar-refractivity contribution in [3.63, 3.8) is 0 Å². The van der Waals surface area contributed by atoms with Gasteiger partial charge in [0.25, 0.3) is 5.91 Å². The summed E-state index contributed by atoms with van der Waals surface area (Å²) in [7, 11) is 0. The van der Waals surface area contributed by atoms with E-state index in [1.54, 1.807) is 31.5 Å². The van der Waals surface area contributed by atoms with Crippen LogP contribution in [0.25, 0.3) is 11.1 Å². The van der Waals surface area contributed by atoms with Crippen molar-refractivity contribution in [1.29, 1.82) is 0 Å². The van der Waals surface area contributed by atoms with Crippen molar-refractivity contribution in [2.45, 2.75) is 26.8 Å². The first kappa shape index (κ1) is 15.0. The first-order valence-electron chi connectivity index (χ1n) is 6.71. The Kier molecular flexibility index (Phi) is 4.21. The number of nitrogen functional groups attached to an aromatic ring is 1. The zero-order chi connectivity index (χ0) is 15.6. The molecule has 0 aliphatic carbocycles. The van der Waals surface area contributed by atoms with Gasteiger partial charge in [0.05, 0.1) is 5.69 Å². The molecule has 2 aromatic rings. The predicted octanol–water partition coefficient (Wildman–Crippen LogP) is 2.92. The van der Waals surface area contributed by atoms with Gasteiger partial charge < -0.3 is 11.1 Å². The number of hydrogen-bond acceptors (Lipinski definition) is 3. The number of anilines is 1. The van der Waals surface area contributed by atoms with E-state index in [9.17, 15) is 9.18 Å². The van der Waals surface area contributed by atoms with Crippen molar-refractivity contribution < 1.29 is 9.18 Å². The fraction of sp³-hybridized carbons (Fsp3) is 0.250. The Hall–Kier alpha value is -2.43. The fourth-order valence-electron chi connectivity index (χ4n) is 2.09. The summed E-state index contributed by atoms with van der Waals surface area (Å²) >= 11 is 0. The third-order valence-corrected chi connectivity index (χ3v) is 3.23. The quantitative estimate of drug-likeness (QED) is 0.853. The molecule has 0 aliphatic heterocycles. The Morgan fingerprint density at radius 3 is 2.52 bits per heavy atom. The summed E-state index contributed by atoms with van der Waals surface area (Å²) in [5, 5.41) is 2.80. The number of rotatable bonds is 3. The topological polar surface area (TPSA) is 68.0 Å². The Labute approximate surface area is 123 Å². The van der Waals surface area contributed by atoms with E-state index in [0.717, 1.165) is 0 Å². The Morgan fingerprint density at radius 2 is 1.95 bits per heavy atom. The molecule has 2 rings (SSSR count). The van der Waals surface area contributed by atoms with Crippen LogP contribution in [0.1, 0.15) is 29.8 Å². The highest BCUT2D eigenvalue weighted by molar-refractivity contribution is 5.98. The summed E-state index contributed by atoms with van der Waals surface area (Å²) in [5.41, 5.74) is 7.58. The number of nitrogens with zero attached hydrogens (tertiary/aromatic N) is 1. The minimum Gasteiger partial charge on any atom is -0.396 e. The number of carbonyl (C=O) groups excluding carboxylic acids is 1. The highest BCUT2D eigenvalue weighted by Gasteiger charge is 2.19. The summed E-state index contributed by atoms with van der Waals surface area (Å²) in [4.78, 5) is 16.1. The van der Waals surface area contributed by atoms with Gasteiger partial charge in [0, 0.05) is 29.6 Å². The molecule has 4 nitrogen and oxygen atoms in total. The number of nitrogens with two attached hydrogens (primary N) is 1. The Morgan fingerprint density at radius 1 is 1.33 bits per heavy atom. The highest BCUT2D eigenvalue weighted by Crippen LogP contribution is 2.31. The lowest BCUT2D eigenvalue weighted by Gasteiger charge is -2.15. The van der Waals surface area contributed by atoms with Crippen molar-refractivity contribution in [3.8, 4) is 11.1 Å². The molecule has 0 fully saturated rings. The summed E-state index contributed by atoms with van der Waals surface area (Å²) in [5.74, 6) is -0.774. The van der Waals surface area contributed by atoms with Gasteiger partial charge in [0.2, 0.25) is 0 Å². The van der Waals surface area contributed by atoms with Gasteiger partial charge in [-0.25, -0.2) is 4.39 Å². The maximum atomic E-state index is 14.4. The highest BCUT2D eigenvalue weighted by atomic mass is 19.1. The molecule has 0 aliphatic rings. The van der Waals surface area contributed by atoms with Crippen LogP contribution in [-0.2, 0) is 0 Å². The Bertz CT molecular complexity index is 669. The van der Waals surface area contributed by atoms with E-state index < -0.39 is 5.82 Å². The third-order valence-electron chi connectivity index (χ3n) is 3.23. The molecule has 0 spiro atoms. The molecule has 5 heteroatoms. The van der Waals surface area contributed by atoms with Crippen LogP contribution in [0.4, 0.5) is 10.1 Å². The normalized spacial score (nSPS) is 10.7. The molecule has 0 radical (unpaired) electrons. The average Bonchev–Trinajstić information content (AvgIpc) is 2.45. The zero-order valence-corrected chi connectivity index (χ0v) is 12.3. The lowest BCUT2D eigenvalue weighted by atomic mass is 9.97. The standard InChI is InChI=1S/C16H18FN3O/c1-9(2)20-16(21)12-8-13(11-4-6-19-7-5-11)14(17)15(18)10(12)3/h4-9H,18H2,1-3H3,(H,20,21). The van der Waals surface area contributed by atoms with E-state index in [4.69, 9.17) is 5.73 Å². The summed E-state index contributed by atoms with van der Waals surface area (Å²) in [6.45, 7) is 5.37. The van der Waals surface area contributed by atoms with Crippen LogP contribution in [0, 0.1) is 12.7 Å². The summed E-state index contributed by atoms with van der Waals surface area (Å²) < 4.78 is 14.4. The third kappa shape index (κ3) is 3.02. The monoisotopic (exact) mass is 287 g/mol. The molecule has 0 saturated carbocycles. The van der Waals surface area contributed by atoms with Gasteiger partial charge in [-0.1, -0.05) is 0 Å². The molecule has 21 heavy (non-hydrogen) atoms. The summed E-state index contributed by atoms with van der Waals surface area (Å²) in [6, 6.07) is 4.88. The van der Waals surface area contributed by atoms with Crippen LogP contribution in [-0.4, -0.2) is 16.9 Å².